The monoisotopic (exact) mass is 269 g/mol. The third-order valence-corrected chi connectivity index (χ3v) is 4.29. The van der Waals surface area contributed by atoms with Crippen LogP contribution in [0.2, 0.25) is 0 Å². The van der Waals surface area contributed by atoms with Gasteiger partial charge in [0.15, 0.2) is 0 Å². The van der Waals surface area contributed by atoms with E-state index in [2.05, 4.69) is 5.32 Å². The molecule has 6 heteroatoms. The lowest BCUT2D eigenvalue weighted by molar-refractivity contribution is -0.146. The SMILES string of the molecule is NC1CCN(C(=O)NC2(C(=O)O)CCCCC2)CC1. The van der Waals surface area contributed by atoms with Gasteiger partial charge in [-0.3, -0.25) is 0 Å². The van der Waals surface area contributed by atoms with Crippen molar-refractivity contribution in [2.24, 2.45) is 5.73 Å². The molecule has 108 valence electrons. The predicted molar refractivity (Wildman–Crippen MR) is 70.8 cm³/mol. The van der Waals surface area contributed by atoms with Gasteiger partial charge in [0.1, 0.15) is 5.54 Å². The lowest BCUT2D eigenvalue weighted by Gasteiger charge is -2.37. The Morgan fingerprint density at radius 1 is 1.16 bits per heavy atom. The standard InChI is InChI=1S/C13H23N3O3/c14-10-4-8-16(9-5-10)12(19)15-13(11(17)18)6-2-1-3-7-13/h10H,1-9,14H2,(H,15,19)(H,17,18). The number of nitrogens with two attached hydrogens (primary N) is 1. The summed E-state index contributed by atoms with van der Waals surface area (Å²) in [4.78, 5) is 25.4. The summed E-state index contributed by atoms with van der Waals surface area (Å²) in [6, 6.07) is -0.0941. The molecule has 2 amide bonds. The van der Waals surface area contributed by atoms with Crippen LogP contribution in [0.3, 0.4) is 0 Å². The fraction of sp³-hybridized carbons (Fsp3) is 0.846. The van der Waals surface area contributed by atoms with Gasteiger partial charge in [-0.25, -0.2) is 9.59 Å². The number of likely N-dealkylation sites (tertiary alicyclic amines) is 1. The van der Waals surface area contributed by atoms with Crippen molar-refractivity contribution in [2.75, 3.05) is 13.1 Å². The normalized spacial score (nSPS) is 23.9. The van der Waals surface area contributed by atoms with E-state index in [4.69, 9.17) is 5.73 Å². The molecule has 2 fully saturated rings. The molecule has 0 bridgehead atoms. The van der Waals surface area contributed by atoms with Gasteiger partial charge in [0.2, 0.25) is 0 Å². The Morgan fingerprint density at radius 3 is 2.26 bits per heavy atom. The van der Waals surface area contributed by atoms with E-state index in [9.17, 15) is 14.7 Å². The summed E-state index contributed by atoms with van der Waals surface area (Å²) in [6.07, 6.45) is 5.39. The third-order valence-electron chi connectivity index (χ3n) is 4.29. The number of nitrogens with zero attached hydrogens (tertiary/aromatic N) is 1. The second-order valence-electron chi connectivity index (χ2n) is 5.70. The van der Waals surface area contributed by atoms with E-state index >= 15 is 0 Å². The zero-order chi connectivity index (χ0) is 13.9. The first-order valence-corrected chi connectivity index (χ1v) is 7.09. The topological polar surface area (TPSA) is 95.7 Å². The smallest absolute Gasteiger partial charge is 0.329 e. The molecule has 1 aliphatic carbocycles. The van der Waals surface area contributed by atoms with Crippen molar-refractivity contribution >= 4 is 12.0 Å². The second-order valence-corrected chi connectivity index (χ2v) is 5.70. The second kappa shape index (κ2) is 5.77. The highest BCUT2D eigenvalue weighted by atomic mass is 16.4. The van der Waals surface area contributed by atoms with Crippen LogP contribution in [0.5, 0.6) is 0 Å². The number of carboxylic acids is 1. The van der Waals surface area contributed by atoms with Gasteiger partial charge in [-0.1, -0.05) is 19.3 Å². The van der Waals surface area contributed by atoms with Crippen LogP contribution in [0.4, 0.5) is 4.79 Å². The molecule has 4 N–H and O–H groups in total. The average molecular weight is 269 g/mol. The van der Waals surface area contributed by atoms with E-state index in [0.717, 1.165) is 32.1 Å². The molecule has 0 aromatic rings. The Morgan fingerprint density at radius 2 is 1.74 bits per heavy atom. The summed E-state index contributed by atoms with van der Waals surface area (Å²) < 4.78 is 0. The van der Waals surface area contributed by atoms with Gasteiger partial charge in [0.05, 0.1) is 0 Å². The van der Waals surface area contributed by atoms with Crippen LogP contribution < -0.4 is 11.1 Å². The van der Waals surface area contributed by atoms with Crippen LogP contribution in [0.1, 0.15) is 44.9 Å². The Labute approximate surface area is 113 Å². The van der Waals surface area contributed by atoms with Crippen LogP contribution >= 0.6 is 0 Å². The summed E-state index contributed by atoms with van der Waals surface area (Å²) in [5, 5.41) is 12.2. The highest BCUT2D eigenvalue weighted by Crippen LogP contribution is 2.28. The molecule has 0 unspecified atom stereocenters. The minimum Gasteiger partial charge on any atom is -0.480 e. The number of aliphatic carboxylic acids is 1. The maximum Gasteiger partial charge on any atom is 0.329 e. The summed E-state index contributed by atoms with van der Waals surface area (Å²) in [6.45, 7) is 1.23. The van der Waals surface area contributed by atoms with Crippen LogP contribution in [0.15, 0.2) is 0 Å². The molecule has 6 nitrogen and oxygen atoms in total. The Hall–Kier alpha value is -1.30. The summed E-state index contributed by atoms with van der Waals surface area (Å²) in [5.74, 6) is -0.908. The number of rotatable bonds is 2. The molecule has 0 aromatic heterocycles. The molecular weight excluding hydrogens is 246 g/mol. The number of nitrogens with one attached hydrogen (secondary N) is 1. The van der Waals surface area contributed by atoms with E-state index in [0.29, 0.717) is 25.9 Å². The molecule has 0 aromatic carbocycles. The molecule has 0 spiro atoms. The van der Waals surface area contributed by atoms with Crippen molar-refractivity contribution in [1.29, 1.82) is 0 Å². The van der Waals surface area contributed by atoms with Crippen molar-refractivity contribution < 1.29 is 14.7 Å². The molecule has 19 heavy (non-hydrogen) atoms. The number of urea groups is 1. The van der Waals surface area contributed by atoms with E-state index in [1.807, 2.05) is 0 Å². The number of hydrogen-bond acceptors (Lipinski definition) is 3. The number of carbonyl (C=O) groups excluding carboxylic acids is 1. The van der Waals surface area contributed by atoms with Crippen LogP contribution in [0.25, 0.3) is 0 Å². The van der Waals surface area contributed by atoms with Gasteiger partial charge in [0, 0.05) is 19.1 Å². The molecule has 1 heterocycles. The maximum atomic E-state index is 12.2. The molecule has 0 atom stereocenters. The first-order valence-electron chi connectivity index (χ1n) is 7.09. The summed E-state index contributed by atoms with van der Waals surface area (Å²) >= 11 is 0. The zero-order valence-corrected chi connectivity index (χ0v) is 11.2. The Kier molecular flexibility index (Phi) is 4.29. The zero-order valence-electron chi connectivity index (χ0n) is 11.2. The average Bonchev–Trinajstić information content (AvgIpc) is 2.40. The van der Waals surface area contributed by atoms with Crippen molar-refractivity contribution in [1.82, 2.24) is 10.2 Å². The van der Waals surface area contributed by atoms with Gasteiger partial charge >= 0.3 is 12.0 Å². The molecule has 1 saturated heterocycles. The lowest BCUT2D eigenvalue weighted by atomic mass is 9.82. The van der Waals surface area contributed by atoms with Gasteiger partial charge in [-0.05, 0) is 25.7 Å². The van der Waals surface area contributed by atoms with Crippen LogP contribution in [-0.4, -0.2) is 46.7 Å². The van der Waals surface area contributed by atoms with E-state index in [1.165, 1.54) is 0 Å². The fourth-order valence-electron chi connectivity index (χ4n) is 2.93. The first-order chi connectivity index (χ1) is 9.03. The molecule has 1 saturated carbocycles. The highest BCUT2D eigenvalue weighted by molar-refractivity contribution is 5.86. The van der Waals surface area contributed by atoms with Crippen molar-refractivity contribution in [3.63, 3.8) is 0 Å². The molecule has 0 radical (unpaired) electrons. The Bertz CT molecular complexity index is 345. The van der Waals surface area contributed by atoms with Gasteiger partial charge in [-0.15, -0.1) is 0 Å². The number of piperidine rings is 1. The predicted octanol–water partition coefficient (Wildman–Crippen LogP) is 0.907. The van der Waals surface area contributed by atoms with Crippen molar-refractivity contribution in [3.05, 3.63) is 0 Å². The van der Waals surface area contributed by atoms with Crippen molar-refractivity contribution in [2.45, 2.75) is 56.5 Å². The van der Waals surface area contributed by atoms with Gasteiger partial charge < -0.3 is 21.1 Å². The largest absolute Gasteiger partial charge is 0.480 e. The van der Waals surface area contributed by atoms with Gasteiger partial charge in [-0.2, -0.15) is 0 Å². The summed E-state index contributed by atoms with van der Waals surface area (Å²) in [7, 11) is 0. The first kappa shape index (κ1) is 14.1. The van der Waals surface area contributed by atoms with Crippen LogP contribution in [0, 0.1) is 0 Å². The van der Waals surface area contributed by atoms with E-state index in [1.54, 1.807) is 4.90 Å². The fourth-order valence-corrected chi connectivity index (χ4v) is 2.93. The quantitative estimate of drug-likeness (QED) is 0.694. The third kappa shape index (κ3) is 3.18. The van der Waals surface area contributed by atoms with Crippen LogP contribution in [-0.2, 0) is 4.79 Å². The number of carbonyl (C=O) groups is 2. The minimum atomic E-state index is -1.06. The highest BCUT2D eigenvalue weighted by Gasteiger charge is 2.42. The maximum absolute atomic E-state index is 12.2. The molecular formula is C13H23N3O3. The van der Waals surface area contributed by atoms with E-state index < -0.39 is 11.5 Å². The lowest BCUT2D eigenvalue weighted by Crippen LogP contribution is -2.59. The van der Waals surface area contributed by atoms with Gasteiger partial charge in [0.25, 0.3) is 0 Å². The minimum absolute atomic E-state index is 0.159. The number of amides is 2. The molecule has 2 aliphatic rings. The summed E-state index contributed by atoms with van der Waals surface area (Å²) in [5.41, 5.74) is 4.74. The van der Waals surface area contributed by atoms with Crippen molar-refractivity contribution in [3.8, 4) is 0 Å². The molecule has 2 rings (SSSR count). The molecule has 1 aliphatic heterocycles. The Balaban J connectivity index is 1.97. The number of hydrogen-bond donors (Lipinski definition) is 3. The van der Waals surface area contributed by atoms with E-state index in [-0.39, 0.29) is 12.1 Å². The number of carboxylic acid groups (broad SMARTS) is 1.